The van der Waals surface area contributed by atoms with Crippen LogP contribution in [0.2, 0.25) is 0 Å². The van der Waals surface area contributed by atoms with Crippen LogP contribution in [0.1, 0.15) is 11.1 Å². The van der Waals surface area contributed by atoms with Gasteiger partial charge in [-0.05, 0) is 35.4 Å². The first-order chi connectivity index (χ1) is 8.31. The lowest BCUT2D eigenvalue weighted by Gasteiger charge is -2.06. The Morgan fingerprint density at radius 2 is 1.24 bits per heavy atom. The zero-order chi connectivity index (χ0) is 12.1. The fourth-order valence-electron chi connectivity index (χ4n) is 1.66. The molecule has 0 aliphatic carbocycles. The summed E-state index contributed by atoms with van der Waals surface area (Å²) in [6, 6.07) is 15.9. The molecule has 0 spiro atoms. The first-order valence-corrected chi connectivity index (χ1v) is 5.44. The molecule has 17 heavy (non-hydrogen) atoms. The molecule has 0 heterocycles. The molecule has 0 fully saturated rings. The largest absolute Gasteiger partial charge is 0.497 e. The maximum atomic E-state index is 5.19. The molecule has 0 aliphatic rings. The highest BCUT2D eigenvalue weighted by molar-refractivity contribution is 5.43. The molecule has 0 amide bonds. The monoisotopic (exact) mass is 227 g/mol. The fourth-order valence-corrected chi connectivity index (χ4v) is 1.66. The Labute approximate surface area is 102 Å². The number of hydrogen-bond donors (Lipinski definition) is 0. The lowest BCUT2D eigenvalue weighted by atomic mass is 10.0. The van der Waals surface area contributed by atoms with Gasteiger partial charge in [-0.2, -0.15) is 0 Å². The van der Waals surface area contributed by atoms with Crippen LogP contribution in [0.4, 0.5) is 0 Å². The number of rotatable bonds is 4. The second-order valence-electron chi connectivity index (χ2n) is 3.70. The van der Waals surface area contributed by atoms with Gasteiger partial charge >= 0.3 is 0 Å². The van der Waals surface area contributed by atoms with Crippen molar-refractivity contribution in [2.24, 2.45) is 0 Å². The Kier molecular flexibility index (Phi) is 3.66. The maximum Gasteiger partial charge on any atom is 0.119 e. The van der Waals surface area contributed by atoms with Crippen molar-refractivity contribution in [3.63, 3.8) is 0 Å². The molecule has 0 atom stereocenters. The number of methoxy groups -OCH3 is 2. The van der Waals surface area contributed by atoms with Crippen LogP contribution in [0.25, 0.3) is 0 Å². The maximum absolute atomic E-state index is 5.19. The molecule has 0 saturated carbocycles. The van der Waals surface area contributed by atoms with Crippen molar-refractivity contribution >= 4 is 0 Å². The van der Waals surface area contributed by atoms with Gasteiger partial charge in [-0.25, -0.2) is 0 Å². The predicted molar refractivity (Wildman–Crippen MR) is 68.5 cm³/mol. The van der Waals surface area contributed by atoms with E-state index in [1.54, 1.807) is 14.2 Å². The standard InChI is InChI=1S/C15H15O2/c1-16-14-7-3-5-12(10-14)9-13-6-4-8-15(11-13)17-2/h3-11H,1-2H3. The van der Waals surface area contributed by atoms with Crippen LogP contribution in [-0.4, -0.2) is 14.2 Å². The van der Waals surface area contributed by atoms with Crippen molar-refractivity contribution in [2.45, 2.75) is 0 Å². The summed E-state index contributed by atoms with van der Waals surface area (Å²) in [4.78, 5) is 0. The first-order valence-electron chi connectivity index (χ1n) is 5.44. The van der Waals surface area contributed by atoms with Crippen LogP contribution in [0, 0.1) is 6.42 Å². The van der Waals surface area contributed by atoms with E-state index in [4.69, 9.17) is 9.47 Å². The van der Waals surface area contributed by atoms with E-state index in [1.807, 2.05) is 48.5 Å². The van der Waals surface area contributed by atoms with Gasteiger partial charge in [0.25, 0.3) is 0 Å². The summed E-state index contributed by atoms with van der Waals surface area (Å²) in [6.45, 7) is 0. The molecule has 0 saturated heterocycles. The molecule has 0 unspecified atom stereocenters. The van der Waals surface area contributed by atoms with Crippen LogP contribution in [0.15, 0.2) is 48.5 Å². The van der Waals surface area contributed by atoms with E-state index in [0.717, 1.165) is 22.6 Å². The topological polar surface area (TPSA) is 18.5 Å². The summed E-state index contributed by atoms with van der Waals surface area (Å²) in [5.74, 6) is 1.73. The van der Waals surface area contributed by atoms with Crippen molar-refractivity contribution < 1.29 is 9.47 Å². The number of hydrogen-bond acceptors (Lipinski definition) is 2. The second kappa shape index (κ2) is 5.39. The van der Waals surface area contributed by atoms with Gasteiger partial charge in [0.15, 0.2) is 0 Å². The van der Waals surface area contributed by atoms with Gasteiger partial charge in [-0.15, -0.1) is 0 Å². The van der Waals surface area contributed by atoms with Crippen molar-refractivity contribution in [3.05, 3.63) is 66.1 Å². The van der Waals surface area contributed by atoms with Gasteiger partial charge in [0, 0.05) is 6.42 Å². The Morgan fingerprint density at radius 3 is 1.65 bits per heavy atom. The lowest BCUT2D eigenvalue weighted by Crippen LogP contribution is -1.89. The zero-order valence-electron chi connectivity index (χ0n) is 10.0. The summed E-state index contributed by atoms with van der Waals surface area (Å²) in [5, 5.41) is 0. The van der Waals surface area contributed by atoms with E-state index >= 15 is 0 Å². The minimum absolute atomic E-state index is 0.863. The average molecular weight is 227 g/mol. The van der Waals surface area contributed by atoms with Crippen LogP contribution in [-0.2, 0) is 0 Å². The summed E-state index contributed by atoms with van der Waals surface area (Å²) in [7, 11) is 3.34. The quantitative estimate of drug-likeness (QED) is 0.797. The third-order valence-electron chi connectivity index (χ3n) is 2.52. The van der Waals surface area contributed by atoms with E-state index in [1.165, 1.54) is 0 Å². The van der Waals surface area contributed by atoms with Gasteiger partial charge in [0.2, 0.25) is 0 Å². The Bertz CT molecular complexity index is 446. The van der Waals surface area contributed by atoms with Crippen LogP contribution >= 0.6 is 0 Å². The third-order valence-corrected chi connectivity index (χ3v) is 2.52. The van der Waals surface area contributed by atoms with Crippen molar-refractivity contribution in [1.29, 1.82) is 0 Å². The van der Waals surface area contributed by atoms with E-state index in [0.29, 0.717) is 0 Å². The van der Waals surface area contributed by atoms with Gasteiger partial charge < -0.3 is 9.47 Å². The highest BCUT2D eigenvalue weighted by atomic mass is 16.5. The minimum Gasteiger partial charge on any atom is -0.497 e. The molecule has 0 bridgehead atoms. The summed E-state index contributed by atoms with van der Waals surface area (Å²) in [6.07, 6.45) is 2.09. The molecule has 1 radical (unpaired) electrons. The van der Waals surface area contributed by atoms with Crippen molar-refractivity contribution in [1.82, 2.24) is 0 Å². The van der Waals surface area contributed by atoms with Gasteiger partial charge in [0.05, 0.1) is 14.2 Å². The molecular formula is C15H15O2. The van der Waals surface area contributed by atoms with E-state index in [-0.39, 0.29) is 0 Å². The number of ether oxygens (including phenoxy) is 2. The SMILES string of the molecule is COc1cccc([CH]c2cccc(OC)c2)c1. The van der Waals surface area contributed by atoms with Crippen molar-refractivity contribution in [3.8, 4) is 11.5 Å². The van der Waals surface area contributed by atoms with Crippen LogP contribution in [0.3, 0.4) is 0 Å². The summed E-state index contributed by atoms with van der Waals surface area (Å²) < 4.78 is 10.4. The smallest absolute Gasteiger partial charge is 0.119 e. The summed E-state index contributed by atoms with van der Waals surface area (Å²) >= 11 is 0. The van der Waals surface area contributed by atoms with Crippen molar-refractivity contribution in [2.75, 3.05) is 14.2 Å². The Balaban J connectivity index is 2.18. The molecule has 87 valence electrons. The van der Waals surface area contributed by atoms with Gasteiger partial charge in [-0.3, -0.25) is 0 Å². The molecule has 2 aromatic rings. The van der Waals surface area contributed by atoms with Gasteiger partial charge in [0.1, 0.15) is 11.5 Å². The Morgan fingerprint density at radius 1 is 0.765 bits per heavy atom. The third kappa shape index (κ3) is 3.00. The highest BCUT2D eigenvalue weighted by Crippen LogP contribution is 2.20. The second-order valence-corrected chi connectivity index (χ2v) is 3.70. The van der Waals surface area contributed by atoms with E-state index in [9.17, 15) is 0 Å². The molecule has 2 heteroatoms. The molecule has 2 aromatic carbocycles. The van der Waals surface area contributed by atoms with Crippen LogP contribution in [0.5, 0.6) is 11.5 Å². The molecule has 2 nitrogen and oxygen atoms in total. The molecule has 0 N–H and O–H groups in total. The lowest BCUT2D eigenvalue weighted by molar-refractivity contribution is 0.414. The molecule has 0 aliphatic heterocycles. The van der Waals surface area contributed by atoms with E-state index in [2.05, 4.69) is 6.42 Å². The highest BCUT2D eigenvalue weighted by Gasteiger charge is 2.00. The number of benzene rings is 2. The zero-order valence-corrected chi connectivity index (χ0v) is 10.0. The average Bonchev–Trinajstić information content (AvgIpc) is 2.39. The predicted octanol–water partition coefficient (Wildman–Crippen LogP) is 3.30. The molecular weight excluding hydrogens is 212 g/mol. The minimum atomic E-state index is 0.863. The van der Waals surface area contributed by atoms with Crippen LogP contribution < -0.4 is 9.47 Å². The Hall–Kier alpha value is -1.96. The summed E-state index contributed by atoms with van der Waals surface area (Å²) in [5.41, 5.74) is 2.22. The molecule has 2 rings (SSSR count). The fraction of sp³-hybridized carbons (Fsp3) is 0.133. The normalized spacial score (nSPS) is 10.0. The van der Waals surface area contributed by atoms with Gasteiger partial charge in [-0.1, -0.05) is 24.3 Å². The first kappa shape index (κ1) is 11.5. The molecule has 0 aromatic heterocycles. The van der Waals surface area contributed by atoms with E-state index < -0.39 is 0 Å².